The van der Waals surface area contributed by atoms with Crippen LogP contribution in [0.4, 0.5) is 0 Å². The van der Waals surface area contributed by atoms with Crippen LogP contribution in [-0.4, -0.2) is 35.6 Å². The van der Waals surface area contributed by atoms with Gasteiger partial charge in [-0.05, 0) is 42.5 Å². The van der Waals surface area contributed by atoms with Gasteiger partial charge in [0.05, 0.1) is 30.8 Å². The molecule has 3 aromatic rings. The normalized spacial score (nSPS) is 10.5. The number of carbonyl (C=O) groups excluding carboxylic acids is 1. The molecule has 0 radical (unpaired) electrons. The molecule has 8 heteroatoms. The molecule has 1 heterocycles. The van der Waals surface area contributed by atoms with Gasteiger partial charge in [-0.25, -0.2) is 4.79 Å². The molecule has 0 unspecified atom stereocenters. The number of benzene rings is 2. The van der Waals surface area contributed by atoms with Crippen LogP contribution in [0.15, 0.2) is 47.3 Å². The lowest BCUT2D eigenvalue weighted by atomic mass is 10.1. The maximum Gasteiger partial charge on any atom is 0.337 e. The van der Waals surface area contributed by atoms with Gasteiger partial charge in [-0.15, -0.1) is 0 Å². The van der Waals surface area contributed by atoms with Crippen molar-refractivity contribution in [2.24, 2.45) is 0 Å². The predicted octanol–water partition coefficient (Wildman–Crippen LogP) is 1.48. The molecule has 1 aromatic heterocycles. The maximum absolute atomic E-state index is 12.1. The van der Waals surface area contributed by atoms with Crippen molar-refractivity contribution in [1.29, 1.82) is 10.8 Å². The molecule has 0 saturated carbocycles. The molecule has 0 bridgehead atoms. The van der Waals surface area contributed by atoms with Crippen molar-refractivity contribution in [3.05, 3.63) is 69.4 Å². The standard InChI is InChI=1S/C18H16N4O4/c1-25-12-6-3-10(4-7-12)15(19)22-14-8-5-11(18(24)26-2)9-13(14)21-17(23)16(22)20/h3-9,19-20H,1-2H3,(H,21,23). The van der Waals surface area contributed by atoms with E-state index in [4.69, 9.17) is 15.6 Å². The first-order valence-corrected chi connectivity index (χ1v) is 7.61. The van der Waals surface area contributed by atoms with Gasteiger partial charge in [0.15, 0.2) is 5.49 Å². The van der Waals surface area contributed by atoms with E-state index in [0.717, 1.165) is 0 Å². The molecular weight excluding hydrogens is 336 g/mol. The molecule has 8 nitrogen and oxygen atoms in total. The van der Waals surface area contributed by atoms with Crippen molar-refractivity contribution < 1.29 is 14.3 Å². The molecule has 2 aromatic carbocycles. The van der Waals surface area contributed by atoms with E-state index in [0.29, 0.717) is 22.3 Å². The van der Waals surface area contributed by atoms with Crippen LogP contribution in [0.5, 0.6) is 5.75 Å². The second-order valence-corrected chi connectivity index (χ2v) is 5.44. The molecule has 0 aliphatic heterocycles. The average Bonchev–Trinajstić information content (AvgIpc) is 2.67. The SMILES string of the molecule is COC(=O)c1ccc2c(c1)[nH]c(=O)c(=N)n2C(=N)c1ccc(OC)cc1. The van der Waals surface area contributed by atoms with Gasteiger partial charge < -0.3 is 14.5 Å². The van der Waals surface area contributed by atoms with E-state index in [2.05, 4.69) is 9.72 Å². The lowest BCUT2D eigenvalue weighted by molar-refractivity contribution is 0.0601. The lowest BCUT2D eigenvalue weighted by Crippen LogP contribution is -2.40. The van der Waals surface area contributed by atoms with E-state index in [9.17, 15) is 9.59 Å². The summed E-state index contributed by atoms with van der Waals surface area (Å²) in [5.41, 5.74) is 0.460. The van der Waals surface area contributed by atoms with Crippen LogP contribution in [-0.2, 0) is 4.74 Å². The number of ether oxygens (including phenoxy) is 2. The van der Waals surface area contributed by atoms with Crippen LogP contribution in [0, 0.1) is 10.8 Å². The van der Waals surface area contributed by atoms with Crippen LogP contribution >= 0.6 is 0 Å². The van der Waals surface area contributed by atoms with E-state index in [-0.39, 0.29) is 16.9 Å². The van der Waals surface area contributed by atoms with Crippen LogP contribution in [0.2, 0.25) is 0 Å². The highest BCUT2D eigenvalue weighted by molar-refractivity contribution is 6.03. The Hall–Kier alpha value is -3.68. The molecule has 3 rings (SSSR count). The Bertz CT molecular complexity index is 1130. The third-order valence-corrected chi connectivity index (χ3v) is 3.93. The van der Waals surface area contributed by atoms with Crippen molar-refractivity contribution in [2.75, 3.05) is 14.2 Å². The van der Waals surface area contributed by atoms with Gasteiger partial charge in [0.1, 0.15) is 11.6 Å². The monoisotopic (exact) mass is 352 g/mol. The summed E-state index contributed by atoms with van der Waals surface area (Å²) in [5, 5.41) is 16.5. The predicted molar refractivity (Wildman–Crippen MR) is 95.0 cm³/mol. The van der Waals surface area contributed by atoms with Crippen LogP contribution < -0.4 is 15.8 Å². The van der Waals surface area contributed by atoms with Crippen molar-refractivity contribution in [1.82, 2.24) is 9.55 Å². The molecule has 26 heavy (non-hydrogen) atoms. The maximum atomic E-state index is 12.1. The van der Waals surface area contributed by atoms with E-state index >= 15 is 0 Å². The smallest absolute Gasteiger partial charge is 0.337 e. The highest BCUT2D eigenvalue weighted by Gasteiger charge is 2.14. The number of fused-ring (bicyclic) bond motifs is 1. The Kier molecular flexibility index (Phi) is 4.40. The number of nitrogens with zero attached hydrogens (tertiary/aromatic N) is 1. The Morgan fingerprint density at radius 3 is 2.35 bits per heavy atom. The zero-order valence-electron chi connectivity index (χ0n) is 14.1. The summed E-state index contributed by atoms with van der Waals surface area (Å²) in [6.07, 6.45) is 0. The van der Waals surface area contributed by atoms with Gasteiger partial charge in [0.2, 0.25) is 0 Å². The first kappa shape index (κ1) is 17.2. The lowest BCUT2D eigenvalue weighted by Gasteiger charge is -2.13. The fourth-order valence-corrected chi connectivity index (χ4v) is 2.59. The largest absolute Gasteiger partial charge is 0.497 e. The molecule has 0 fully saturated rings. The first-order chi connectivity index (χ1) is 12.5. The molecule has 0 saturated heterocycles. The molecule has 132 valence electrons. The number of esters is 1. The average molecular weight is 352 g/mol. The van der Waals surface area contributed by atoms with Crippen molar-refractivity contribution >= 4 is 22.8 Å². The number of rotatable bonds is 3. The minimum absolute atomic E-state index is 0.0421. The van der Waals surface area contributed by atoms with E-state index in [1.165, 1.54) is 23.8 Å². The summed E-state index contributed by atoms with van der Waals surface area (Å²) in [6, 6.07) is 11.3. The highest BCUT2D eigenvalue weighted by Crippen LogP contribution is 2.16. The summed E-state index contributed by atoms with van der Waals surface area (Å²) in [5.74, 6) is 0.0511. The van der Waals surface area contributed by atoms with Crippen LogP contribution in [0.1, 0.15) is 15.9 Å². The highest BCUT2D eigenvalue weighted by atomic mass is 16.5. The molecule has 0 amide bonds. The molecule has 0 spiro atoms. The second kappa shape index (κ2) is 6.67. The van der Waals surface area contributed by atoms with Gasteiger partial charge in [-0.3, -0.25) is 20.2 Å². The van der Waals surface area contributed by atoms with Crippen molar-refractivity contribution in [3.63, 3.8) is 0 Å². The quantitative estimate of drug-likeness (QED) is 0.375. The third-order valence-electron chi connectivity index (χ3n) is 3.93. The Morgan fingerprint density at radius 2 is 1.73 bits per heavy atom. The van der Waals surface area contributed by atoms with Crippen molar-refractivity contribution in [2.45, 2.75) is 0 Å². The van der Waals surface area contributed by atoms with Gasteiger partial charge in [0.25, 0.3) is 5.56 Å². The number of aromatic amines is 1. The molecular formula is C18H16N4O4. The topological polar surface area (TPSA) is 121 Å². The summed E-state index contributed by atoms with van der Waals surface area (Å²) in [7, 11) is 2.81. The van der Waals surface area contributed by atoms with Crippen LogP contribution in [0.25, 0.3) is 11.0 Å². The second-order valence-electron chi connectivity index (χ2n) is 5.44. The molecule has 0 atom stereocenters. The summed E-state index contributed by atoms with van der Waals surface area (Å²) < 4.78 is 11.0. The molecule has 3 N–H and O–H groups in total. The van der Waals surface area contributed by atoms with E-state index in [1.54, 1.807) is 37.4 Å². The van der Waals surface area contributed by atoms with Crippen LogP contribution in [0.3, 0.4) is 0 Å². The zero-order valence-corrected chi connectivity index (χ0v) is 14.1. The van der Waals surface area contributed by atoms with E-state index in [1.807, 2.05) is 0 Å². The minimum Gasteiger partial charge on any atom is -0.497 e. The number of hydrogen-bond donors (Lipinski definition) is 3. The summed E-state index contributed by atoms with van der Waals surface area (Å²) in [6.45, 7) is 0. The van der Waals surface area contributed by atoms with Gasteiger partial charge >= 0.3 is 5.97 Å². The summed E-state index contributed by atoms with van der Waals surface area (Å²) in [4.78, 5) is 26.4. The number of hydrogen-bond acceptors (Lipinski definition) is 6. The number of aromatic nitrogens is 2. The van der Waals surface area contributed by atoms with Gasteiger partial charge in [0, 0.05) is 5.56 Å². The molecule has 0 aliphatic carbocycles. The molecule has 0 aliphatic rings. The van der Waals surface area contributed by atoms with Gasteiger partial charge in [-0.2, -0.15) is 0 Å². The number of H-pyrrole nitrogens is 1. The van der Waals surface area contributed by atoms with E-state index < -0.39 is 11.5 Å². The minimum atomic E-state index is -0.669. The van der Waals surface area contributed by atoms with Crippen molar-refractivity contribution in [3.8, 4) is 5.75 Å². The Labute approximate surface area is 147 Å². The fraction of sp³-hybridized carbons (Fsp3) is 0.111. The third kappa shape index (κ3) is 2.88. The number of methoxy groups -OCH3 is 2. The van der Waals surface area contributed by atoms with Gasteiger partial charge in [-0.1, -0.05) is 0 Å². The fourth-order valence-electron chi connectivity index (χ4n) is 2.59. The summed E-state index contributed by atoms with van der Waals surface area (Å²) >= 11 is 0. The Morgan fingerprint density at radius 1 is 1.08 bits per heavy atom. The number of carbonyl (C=O) groups is 1. The first-order valence-electron chi connectivity index (χ1n) is 7.61. The Balaban J connectivity index is 2.22. The zero-order chi connectivity index (χ0) is 18.8. The number of nitrogens with one attached hydrogen (secondary N) is 3.